The highest BCUT2D eigenvalue weighted by atomic mass is 79.9. The Morgan fingerprint density at radius 1 is 1.15 bits per heavy atom. The number of carbonyl (C=O) groups is 2. The fourth-order valence-electron chi connectivity index (χ4n) is 2.71. The SMILES string of the molecule is CC1=C(C(=O)Nc2ccc(F)c(F)c2)[C@@H](c2ccccc2Br)NC(=O)N1. The van der Waals surface area contributed by atoms with Crippen molar-refractivity contribution >= 4 is 33.6 Å². The molecule has 0 aliphatic carbocycles. The number of benzene rings is 2. The number of urea groups is 1. The lowest BCUT2D eigenvalue weighted by atomic mass is 9.95. The number of rotatable bonds is 3. The van der Waals surface area contributed by atoms with Crippen molar-refractivity contribution in [1.29, 1.82) is 0 Å². The summed E-state index contributed by atoms with van der Waals surface area (Å²) in [4.78, 5) is 24.7. The van der Waals surface area contributed by atoms with Crippen LogP contribution < -0.4 is 16.0 Å². The van der Waals surface area contributed by atoms with Crippen LogP contribution in [0.5, 0.6) is 0 Å². The molecule has 0 fully saturated rings. The van der Waals surface area contributed by atoms with Gasteiger partial charge in [0, 0.05) is 21.9 Å². The maximum atomic E-state index is 13.4. The Hall–Kier alpha value is -2.74. The highest BCUT2D eigenvalue weighted by Crippen LogP contribution is 2.32. The highest BCUT2D eigenvalue weighted by molar-refractivity contribution is 9.10. The molecule has 1 atom stereocenters. The molecule has 2 aromatic rings. The molecule has 3 amide bonds. The fourth-order valence-corrected chi connectivity index (χ4v) is 3.22. The molecule has 0 bridgehead atoms. The number of hydrogen-bond acceptors (Lipinski definition) is 2. The van der Waals surface area contributed by atoms with Crippen LogP contribution in [-0.4, -0.2) is 11.9 Å². The normalized spacial score (nSPS) is 16.8. The number of halogens is 3. The molecule has 5 nitrogen and oxygen atoms in total. The van der Waals surface area contributed by atoms with E-state index in [0.29, 0.717) is 11.3 Å². The standard InChI is InChI=1S/C18H14BrF2N3O2/c1-9-15(17(25)23-10-6-7-13(20)14(21)8-10)16(24-18(26)22-9)11-4-2-3-5-12(11)19/h2-8,16H,1H3,(H,23,25)(H2,22,24,26)/t16-/m1/s1. The van der Waals surface area contributed by atoms with Gasteiger partial charge in [-0.15, -0.1) is 0 Å². The summed E-state index contributed by atoms with van der Waals surface area (Å²) < 4.78 is 27.2. The van der Waals surface area contributed by atoms with E-state index in [4.69, 9.17) is 0 Å². The molecule has 0 unspecified atom stereocenters. The first-order valence-corrected chi connectivity index (χ1v) is 8.45. The predicted octanol–water partition coefficient (Wildman–Crippen LogP) is 3.99. The van der Waals surface area contributed by atoms with Crippen molar-refractivity contribution in [2.45, 2.75) is 13.0 Å². The van der Waals surface area contributed by atoms with Gasteiger partial charge in [0.2, 0.25) is 0 Å². The number of amides is 3. The third kappa shape index (κ3) is 3.60. The van der Waals surface area contributed by atoms with Gasteiger partial charge < -0.3 is 16.0 Å². The molecule has 134 valence electrons. The summed E-state index contributed by atoms with van der Waals surface area (Å²) in [5.41, 5.74) is 1.44. The van der Waals surface area contributed by atoms with Crippen LogP contribution in [0.2, 0.25) is 0 Å². The largest absolute Gasteiger partial charge is 0.327 e. The van der Waals surface area contributed by atoms with Gasteiger partial charge in [-0.25, -0.2) is 13.6 Å². The second-order valence-electron chi connectivity index (χ2n) is 5.67. The van der Waals surface area contributed by atoms with Gasteiger partial charge >= 0.3 is 6.03 Å². The van der Waals surface area contributed by atoms with Crippen molar-refractivity contribution in [3.63, 3.8) is 0 Å². The first-order chi connectivity index (χ1) is 12.4. The van der Waals surface area contributed by atoms with Gasteiger partial charge in [-0.05, 0) is 30.7 Å². The Morgan fingerprint density at radius 2 is 1.88 bits per heavy atom. The number of nitrogens with one attached hydrogen (secondary N) is 3. The average Bonchev–Trinajstić information content (AvgIpc) is 2.57. The zero-order chi connectivity index (χ0) is 18.8. The lowest BCUT2D eigenvalue weighted by molar-refractivity contribution is -0.113. The molecule has 1 aliphatic heterocycles. The molecule has 1 aliphatic rings. The van der Waals surface area contributed by atoms with Gasteiger partial charge in [-0.2, -0.15) is 0 Å². The highest BCUT2D eigenvalue weighted by Gasteiger charge is 2.32. The van der Waals surface area contributed by atoms with Gasteiger partial charge in [0.05, 0.1) is 11.6 Å². The number of carbonyl (C=O) groups excluding carboxylic acids is 2. The quantitative estimate of drug-likeness (QED) is 0.700. The number of allylic oxidation sites excluding steroid dienone is 1. The van der Waals surface area contributed by atoms with Gasteiger partial charge in [-0.3, -0.25) is 4.79 Å². The molecule has 3 N–H and O–H groups in total. The van der Waals surface area contributed by atoms with E-state index in [1.54, 1.807) is 25.1 Å². The second kappa shape index (κ2) is 7.25. The van der Waals surface area contributed by atoms with Crippen LogP contribution in [0.4, 0.5) is 19.3 Å². The monoisotopic (exact) mass is 421 g/mol. The molecular formula is C18H14BrF2N3O2. The van der Waals surface area contributed by atoms with Crippen LogP contribution in [0.1, 0.15) is 18.5 Å². The molecule has 1 heterocycles. The van der Waals surface area contributed by atoms with Crippen molar-refractivity contribution in [3.8, 4) is 0 Å². The molecule has 26 heavy (non-hydrogen) atoms. The number of hydrogen-bond donors (Lipinski definition) is 3. The van der Waals surface area contributed by atoms with E-state index in [-0.39, 0.29) is 11.3 Å². The van der Waals surface area contributed by atoms with E-state index < -0.39 is 29.6 Å². The van der Waals surface area contributed by atoms with Crippen molar-refractivity contribution in [1.82, 2.24) is 10.6 Å². The van der Waals surface area contributed by atoms with E-state index in [2.05, 4.69) is 31.9 Å². The summed E-state index contributed by atoms with van der Waals surface area (Å²) in [5, 5.41) is 7.80. The zero-order valence-electron chi connectivity index (χ0n) is 13.6. The zero-order valence-corrected chi connectivity index (χ0v) is 15.2. The van der Waals surface area contributed by atoms with Crippen LogP contribution in [0, 0.1) is 11.6 Å². The molecule has 0 saturated carbocycles. The van der Waals surface area contributed by atoms with Crippen LogP contribution >= 0.6 is 15.9 Å². The van der Waals surface area contributed by atoms with E-state index in [1.807, 2.05) is 6.07 Å². The Balaban J connectivity index is 1.97. The minimum atomic E-state index is -1.06. The molecule has 8 heteroatoms. The number of anilines is 1. The summed E-state index contributed by atoms with van der Waals surface area (Å²) in [6.45, 7) is 1.60. The van der Waals surface area contributed by atoms with Gasteiger partial charge in [0.15, 0.2) is 11.6 Å². The molecule has 3 rings (SSSR count). The van der Waals surface area contributed by atoms with Gasteiger partial charge in [-0.1, -0.05) is 34.1 Å². The van der Waals surface area contributed by atoms with Crippen molar-refractivity contribution in [2.24, 2.45) is 0 Å². The van der Waals surface area contributed by atoms with E-state index in [9.17, 15) is 18.4 Å². The summed E-state index contributed by atoms with van der Waals surface area (Å²) in [6.07, 6.45) is 0. The van der Waals surface area contributed by atoms with E-state index in [0.717, 1.165) is 16.6 Å². The van der Waals surface area contributed by atoms with Crippen LogP contribution in [0.3, 0.4) is 0 Å². The smallest absolute Gasteiger partial charge is 0.319 e. The maximum absolute atomic E-state index is 13.4. The van der Waals surface area contributed by atoms with E-state index in [1.165, 1.54) is 6.07 Å². The van der Waals surface area contributed by atoms with E-state index >= 15 is 0 Å². The molecule has 0 spiro atoms. The lowest BCUT2D eigenvalue weighted by Crippen LogP contribution is -2.46. The minimum absolute atomic E-state index is 0.108. The summed E-state index contributed by atoms with van der Waals surface area (Å²) >= 11 is 3.42. The third-order valence-corrected chi connectivity index (χ3v) is 4.63. The minimum Gasteiger partial charge on any atom is -0.327 e. The molecule has 0 radical (unpaired) electrons. The Kier molecular flexibility index (Phi) is 5.03. The maximum Gasteiger partial charge on any atom is 0.319 e. The van der Waals surface area contributed by atoms with Crippen LogP contribution in [-0.2, 0) is 4.79 Å². The van der Waals surface area contributed by atoms with Crippen LogP contribution in [0.15, 0.2) is 58.2 Å². The molecule has 0 saturated heterocycles. The van der Waals surface area contributed by atoms with Gasteiger partial charge in [0.1, 0.15) is 0 Å². The first-order valence-electron chi connectivity index (χ1n) is 7.66. The predicted molar refractivity (Wildman–Crippen MR) is 96.2 cm³/mol. The third-order valence-electron chi connectivity index (χ3n) is 3.91. The van der Waals surface area contributed by atoms with Crippen LogP contribution in [0.25, 0.3) is 0 Å². The lowest BCUT2D eigenvalue weighted by Gasteiger charge is -2.29. The molecular weight excluding hydrogens is 408 g/mol. The summed E-state index contributed by atoms with van der Waals surface area (Å²) in [6, 6.07) is 9.11. The van der Waals surface area contributed by atoms with Crippen molar-refractivity contribution < 1.29 is 18.4 Å². The summed E-state index contributed by atoms with van der Waals surface area (Å²) in [5.74, 6) is -2.61. The average molecular weight is 422 g/mol. The summed E-state index contributed by atoms with van der Waals surface area (Å²) in [7, 11) is 0. The van der Waals surface area contributed by atoms with Crippen molar-refractivity contribution in [2.75, 3.05) is 5.32 Å². The fraction of sp³-hybridized carbons (Fsp3) is 0.111. The Bertz CT molecular complexity index is 930. The molecule has 0 aromatic heterocycles. The Morgan fingerprint density at radius 3 is 2.58 bits per heavy atom. The topological polar surface area (TPSA) is 70.2 Å². The first kappa shape index (κ1) is 18.1. The molecule has 2 aromatic carbocycles. The van der Waals surface area contributed by atoms with Crippen molar-refractivity contribution in [3.05, 3.63) is 75.4 Å². The Labute approximate surface area is 156 Å². The van der Waals surface area contributed by atoms with Gasteiger partial charge in [0.25, 0.3) is 5.91 Å². The second-order valence-corrected chi connectivity index (χ2v) is 6.53.